The van der Waals surface area contributed by atoms with Crippen LogP contribution in [0.5, 0.6) is 0 Å². The second-order valence-corrected chi connectivity index (χ2v) is 4.01. The molecule has 9 nitrogen and oxygen atoms in total. The van der Waals surface area contributed by atoms with Crippen molar-refractivity contribution in [3.8, 4) is 5.82 Å². The van der Waals surface area contributed by atoms with Gasteiger partial charge in [-0.25, -0.2) is 14.6 Å². The van der Waals surface area contributed by atoms with Crippen LogP contribution in [0.25, 0.3) is 27.2 Å². The van der Waals surface area contributed by atoms with Crippen molar-refractivity contribution in [3.63, 3.8) is 0 Å². The third-order valence-electron chi connectivity index (χ3n) is 2.81. The number of carboxylic acid groups (broad SMARTS) is 1. The summed E-state index contributed by atoms with van der Waals surface area (Å²) < 4.78 is 1.36. The summed E-state index contributed by atoms with van der Waals surface area (Å²) in [7, 11) is 0. The van der Waals surface area contributed by atoms with E-state index < -0.39 is 5.97 Å². The third-order valence-corrected chi connectivity index (χ3v) is 2.81. The molecule has 1 aromatic carbocycles. The molecule has 0 atom stereocenters. The van der Waals surface area contributed by atoms with E-state index in [0.29, 0.717) is 10.9 Å². The Labute approximate surface area is 145 Å². The predicted octanol–water partition coefficient (Wildman–Crippen LogP) is -1.88. The minimum Gasteiger partial charge on any atom is -0.545 e. The molecule has 0 bridgehead atoms. The Morgan fingerprint density at radius 3 is 2.82 bits per heavy atom. The maximum Gasteiger partial charge on any atom is 1.00 e. The van der Waals surface area contributed by atoms with Crippen LogP contribution in [-0.4, -0.2) is 25.7 Å². The van der Waals surface area contributed by atoms with E-state index in [1.165, 1.54) is 29.2 Å². The maximum absolute atomic E-state index is 10.9. The summed E-state index contributed by atoms with van der Waals surface area (Å²) in [5, 5.41) is 19.2. The van der Waals surface area contributed by atoms with Crippen LogP contribution >= 0.6 is 0 Å². The van der Waals surface area contributed by atoms with Gasteiger partial charge in [-0.1, -0.05) is 12.1 Å². The van der Waals surface area contributed by atoms with Gasteiger partial charge in [0, 0.05) is 22.7 Å². The molecule has 0 spiro atoms. The number of azide groups is 1. The van der Waals surface area contributed by atoms with Crippen molar-refractivity contribution in [1.29, 1.82) is 0 Å². The van der Waals surface area contributed by atoms with Crippen LogP contribution in [0.15, 0.2) is 41.9 Å². The third kappa shape index (κ3) is 2.78. The Kier molecular flexibility index (Phi) is 4.74. The largest absolute Gasteiger partial charge is 1.00 e. The van der Waals surface area contributed by atoms with E-state index in [0.717, 1.165) is 0 Å². The van der Waals surface area contributed by atoms with Crippen LogP contribution in [0.1, 0.15) is 10.4 Å². The molecule has 0 saturated heterocycles. The molecule has 0 amide bonds. The van der Waals surface area contributed by atoms with Crippen molar-refractivity contribution in [1.82, 2.24) is 19.7 Å². The molecule has 0 fully saturated rings. The number of aromatic nitrogens is 4. The van der Waals surface area contributed by atoms with E-state index in [1.54, 1.807) is 12.3 Å². The molecule has 2 aromatic heterocycles. The molecular formula is C12H6N7NaO2. The van der Waals surface area contributed by atoms with Gasteiger partial charge in [0.15, 0.2) is 11.6 Å². The summed E-state index contributed by atoms with van der Waals surface area (Å²) in [6.07, 6.45) is 4.34. The minimum absolute atomic E-state index is 0. The first kappa shape index (κ1) is 15.9. The zero-order valence-electron chi connectivity index (χ0n) is 11.4. The molecule has 0 radical (unpaired) electrons. The summed E-state index contributed by atoms with van der Waals surface area (Å²) in [6, 6.07) is 4.44. The summed E-state index contributed by atoms with van der Waals surface area (Å²) in [6.45, 7) is 0. The van der Waals surface area contributed by atoms with E-state index in [1.807, 2.05) is 0 Å². The van der Waals surface area contributed by atoms with Gasteiger partial charge in [0.05, 0.1) is 17.7 Å². The number of hydrogen-bond donors (Lipinski definition) is 0. The molecule has 0 unspecified atom stereocenters. The Morgan fingerprint density at radius 2 is 2.09 bits per heavy atom. The van der Waals surface area contributed by atoms with Crippen molar-refractivity contribution >= 4 is 22.7 Å². The average Bonchev–Trinajstić information content (AvgIpc) is 2.91. The van der Waals surface area contributed by atoms with E-state index in [2.05, 4.69) is 25.1 Å². The summed E-state index contributed by atoms with van der Waals surface area (Å²) in [4.78, 5) is 21.6. The molecule has 3 aromatic rings. The van der Waals surface area contributed by atoms with Gasteiger partial charge in [0.1, 0.15) is 0 Å². The first-order valence-corrected chi connectivity index (χ1v) is 5.76. The minimum atomic E-state index is -1.29. The number of hydrogen-bond acceptors (Lipinski definition) is 6. The van der Waals surface area contributed by atoms with Gasteiger partial charge in [-0.15, -0.1) is 0 Å². The standard InChI is InChI=1S/C12H7N7O2.Na/c13-18-17-10-11(15-4-3-14-10)19-9-5-7(12(20)21)1-2-8(9)6-16-19;/h1-6H,(H,20,21);/q;+1/p-1. The number of rotatable bonds is 3. The molecular weight excluding hydrogens is 297 g/mol. The number of carboxylic acids is 1. The number of fused-ring (bicyclic) bond motifs is 1. The van der Waals surface area contributed by atoms with E-state index in [9.17, 15) is 9.90 Å². The molecule has 3 rings (SSSR count). The van der Waals surface area contributed by atoms with Crippen LogP contribution < -0.4 is 34.7 Å². The topological polar surface area (TPSA) is 132 Å². The molecule has 0 aliphatic rings. The van der Waals surface area contributed by atoms with Gasteiger partial charge < -0.3 is 9.90 Å². The normalized spacial score (nSPS) is 9.82. The summed E-state index contributed by atoms with van der Waals surface area (Å²) in [5.41, 5.74) is 9.05. The Bertz CT molecular complexity index is 901. The van der Waals surface area contributed by atoms with Gasteiger partial charge >= 0.3 is 29.6 Å². The van der Waals surface area contributed by atoms with E-state index in [4.69, 9.17) is 5.53 Å². The molecule has 0 saturated carbocycles. The second-order valence-electron chi connectivity index (χ2n) is 4.01. The van der Waals surface area contributed by atoms with Crippen LogP contribution in [-0.2, 0) is 0 Å². The van der Waals surface area contributed by atoms with E-state index >= 15 is 0 Å². The first-order chi connectivity index (χ1) is 10.2. The predicted molar refractivity (Wildman–Crippen MR) is 69.8 cm³/mol. The molecule has 0 aliphatic carbocycles. The van der Waals surface area contributed by atoms with Gasteiger partial charge in [0.25, 0.3) is 0 Å². The van der Waals surface area contributed by atoms with Gasteiger partial charge in [0.2, 0.25) is 0 Å². The average molecular weight is 303 g/mol. The number of nitrogens with zero attached hydrogens (tertiary/aromatic N) is 7. The van der Waals surface area contributed by atoms with Crippen molar-refractivity contribution in [3.05, 3.63) is 52.8 Å². The van der Waals surface area contributed by atoms with Gasteiger partial charge in [-0.3, -0.25) is 0 Å². The number of benzene rings is 1. The summed E-state index contributed by atoms with van der Waals surface area (Å²) in [5.74, 6) is -1.04. The van der Waals surface area contributed by atoms with Crippen molar-refractivity contribution in [2.45, 2.75) is 0 Å². The fraction of sp³-hybridized carbons (Fsp3) is 0. The van der Waals surface area contributed by atoms with Crippen molar-refractivity contribution in [2.24, 2.45) is 5.11 Å². The number of aromatic carboxylic acids is 1. The van der Waals surface area contributed by atoms with Gasteiger partial charge in [-0.2, -0.15) is 5.10 Å². The summed E-state index contributed by atoms with van der Waals surface area (Å²) >= 11 is 0. The van der Waals surface area contributed by atoms with Gasteiger partial charge in [-0.05, 0) is 22.3 Å². The molecule has 10 heteroatoms. The van der Waals surface area contributed by atoms with E-state index in [-0.39, 0.29) is 46.8 Å². The zero-order chi connectivity index (χ0) is 14.8. The second kappa shape index (κ2) is 6.54. The van der Waals surface area contributed by atoms with Crippen molar-refractivity contribution in [2.75, 3.05) is 0 Å². The quantitative estimate of drug-likeness (QED) is 0.242. The smallest absolute Gasteiger partial charge is 0.545 e. The Morgan fingerprint density at radius 1 is 1.32 bits per heavy atom. The maximum atomic E-state index is 10.9. The number of carbonyl (C=O) groups is 1. The molecule has 102 valence electrons. The SMILES string of the molecule is [N-]=[N+]=Nc1nccnc1-n1ncc2ccc(C(=O)[O-])cc21.[Na+]. The van der Waals surface area contributed by atoms with Crippen LogP contribution in [0, 0.1) is 0 Å². The zero-order valence-corrected chi connectivity index (χ0v) is 13.4. The first-order valence-electron chi connectivity index (χ1n) is 5.76. The van der Waals surface area contributed by atoms with Crippen LogP contribution in [0.4, 0.5) is 5.82 Å². The van der Waals surface area contributed by atoms with Crippen LogP contribution in [0.3, 0.4) is 0 Å². The fourth-order valence-electron chi connectivity index (χ4n) is 1.90. The molecule has 2 heterocycles. The molecule has 0 aliphatic heterocycles. The number of carbonyl (C=O) groups excluding carboxylic acids is 1. The Hall–Kier alpha value is -2.45. The van der Waals surface area contributed by atoms with Crippen molar-refractivity contribution < 1.29 is 39.5 Å². The van der Waals surface area contributed by atoms with Crippen LogP contribution in [0.2, 0.25) is 0 Å². The monoisotopic (exact) mass is 303 g/mol. The molecule has 22 heavy (non-hydrogen) atoms. The molecule has 0 N–H and O–H groups in total. The Balaban J connectivity index is 0.00000176. The fourth-order valence-corrected chi connectivity index (χ4v) is 1.90.